The predicted molar refractivity (Wildman–Crippen MR) is 101 cm³/mol. The van der Waals surface area contributed by atoms with Crippen LogP contribution >= 0.6 is 0 Å². The van der Waals surface area contributed by atoms with Crippen LogP contribution in [0.4, 0.5) is 10.2 Å². The van der Waals surface area contributed by atoms with Crippen molar-refractivity contribution in [3.8, 4) is 12.3 Å². The molecule has 0 aliphatic rings. The number of hydrogen-bond donors (Lipinski definition) is 1. The van der Waals surface area contributed by atoms with Crippen LogP contribution in [-0.4, -0.2) is 39.1 Å². The van der Waals surface area contributed by atoms with Crippen molar-refractivity contribution in [3.63, 3.8) is 0 Å². The van der Waals surface area contributed by atoms with E-state index in [4.69, 9.17) is 11.2 Å². The topological polar surface area (TPSA) is 81.9 Å². The molecule has 1 atom stereocenters. The molecule has 0 amide bonds. The Labute approximate surface area is 158 Å². The average molecular weight is 375 g/mol. The summed E-state index contributed by atoms with van der Waals surface area (Å²) in [5, 5.41) is 2.81. The van der Waals surface area contributed by atoms with E-state index in [0.29, 0.717) is 36.4 Å². The second-order valence-corrected chi connectivity index (χ2v) is 7.56. The number of halogens is 1. The highest BCUT2D eigenvalue weighted by Crippen LogP contribution is 2.29. The highest BCUT2D eigenvalue weighted by atomic mass is 19.1. The van der Waals surface area contributed by atoms with Gasteiger partial charge >= 0.3 is 12.0 Å². The van der Waals surface area contributed by atoms with E-state index >= 15 is 0 Å². The van der Waals surface area contributed by atoms with Gasteiger partial charge in [0.2, 0.25) is 0 Å². The second-order valence-electron chi connectivity index (χ2n) is 7.56. The van der Waals surface area contributed by atoms with E-state index in [2.05, 4.69) is 26.2 Å². The molecule has 27 heavy (non-hydrogen) atoms. The molecule has 0 spiro atoms. The molecule has 1 unspecified atom stereocenters. The monoisotopic (exact) mass is 375 g/mol. The smallest absolute Gasteiger partial charge is 0.312 e. The predicted octanol–water partition coefficient (Wildman–Crippen LogP) is 3.02. The van der Waals surface area contributed by atoms with Crippen molar-refractivity contribution in [2.24, 2.45) is 10.8 Å². The molecule has 0 fully saturated rings. The van der Waals surface area contributed by atoms with Crippen LogP contribution in [0.1, 0.15) is 40.5 Å². The third-order valence-electron chi connectivity index (χ3n) is 4.58. The number of ether oxygens (including phenoxy) is 1. The fourth-order valence-corrected chi connectivity index (χ4v) is 2.58. The zero-order chi connectivity index (χ0) is 20.2. The second kappa shape index (κ2) is 7.91. The molecule has 0 aliphatic carbocycles. The van der Waals surface area contributed by atoms with E-state index in [1.54, 1.807) is 38.7 Å². The van der Waals surface area contributed by atoms with Gasteiger partial charge in [0.15, 0.2) is 17.0 Å². The maximum atomic E-state index is 13.7. The molecule has 0 bridgehead atoms. The molecule has 1 N–H and O–H groups in total. The summed E-state index contributed by atoms with van der Waals surface area (Å²) in [6.45, 7) is 7.94. The quantitative estimate of drug-likeness (QED) is 0.455. The normalized spacial score (nSPS) is 13.8. The number of terminal acetylenes is 1. The number of nitrogens with one attached hydrogen (secondary N) is 1. The third-order valence-corrected chi connectivity index (χ3v) is 4.58. The molecule has 2 aromatic rings. The van der Waals surface area contributed by atoms with Gasteiger partial charge in [-0.2, -0.15) is 14.4 Å². The standard InChI is InChI=1S/C19H26FN5O2/c1-7-19(8-2,11-27-16(26)18(3,4)5)9-10-25-12-22-13-14(21-6)23-17(20)24-15(13)25/h1,12H,8-11H2,2-6H3,(H,21,23,24). The highest BCUT2D eigenvalue weighted by molar-refractivity contribution is 5.82. The van der Waals surface area contributed by atoms with Crippen LogP contribution in [0.15, 0.2) is 6.33 Å². The van der Waals surface area contributed by atoms with Gasteiger partial charge in [0.25, 0.3) is 0 Å². The number of carbonyl (C=O) groups excluding carboxylic acids is 1. The third kappa shape index (κ3) is 4.54. The SMILES string of the molecule is C#CC(CC)(CCn1cnc2c(NC)nc(F)nc21)COC(=O)C(C)(C)C. The van der Waals surface area contributed by atoms with E-state index in [1.807, 2.05) is 6.92 Å². The molecule has 0 radical (unpaired) electrons. The Morgan fingerprint density at radius 2 is 2.11 bits per heavy atom. The van der Waals surface area contributed by atoms with Gasteiger partial charge in [-0.25, -0.2) is 4.98 Å². The number of imidazole rings is 1. The number of hydrogen-bond acceptors (Lipinski definition) is 6. The van der Waals surface area contributed by atoms with Gasteiger partial charge in [-0.3, -0.25) is 4.79 Å². The molecular weight excluding hydrogens is 349 g/mol. The number of aryl methyl sites for hydroxylation is 1. The molecule has 8 heteroatoms. The molecule has 2 rings (SSSR count). The lowest BCUT2D eigenvalue weighted by Crippen LogP contribution is -2.31. The van der Waals surface area contributed by atoms with Crippen LogP contribution in [-0.2, 0) is 16.1 Å². The molecule has 7 nitrogen and oxygen atoms in total. The number of aromatic nitrogens is 4. The summed E-state index contributed by atoms with van der Waals surface area (Å²) in [5.74, 6) is 2.82. The number of anilines is 1. The van der Waals surface area contributed by atoms with Crippen LogP contribution in [0.5, 0.6) is 0 Å². The van der Waals surface area contributed by atoms with Crippen LogP contribution in [0.25, 0.3) is 11.2 Å². The van der Waals surface area contributed by atoms with Gasteiger partial charge in [0.1, 0.15) is 6.61 Å². The molecular formula is C19H26FN5O2. The Morgan fingerprint density at radius 1 is 1.41 bits per heavy atom. The maximum Gasteiger partial charge on any atom is 0.312 e. The lowest BCUT2D eigenvalue weighted by atomic mass is 9.83. The lowest BCUT2D eigenvalue weighted by Gasteiger charge is -2.28. The van der Waals surface area contributed by atoms with Gasteiger partial charge < -0.3 is 14.6 Å². The fraction of sp³-hybridized carbons (Fsp3) is 0.579. The van der Waals surface area contributed by atoms with E-state index in [9.17, 15) is 9.18 Å². The number of carbonyl (C=O) groups is 1. The maximum absolute atomic E-state index is 13.7. The minimum absolute atomic E-state index is 0.133. The van der Waals surface area contributed by atoms with Crippen molar-refractivity contribution in [3.05, 3.63) is 12.4 Å². The Bertz CT molecular complexity index is 865. The zero-order valence-corrected chi connectivity index (χ0v) is 16.5. The minimum atomic E-state index is -0.827. The van der Waals surface area contributed by atoms with Crippen molar-refractivity contribution >= 4 is 23.0 Å². The molecule has 0 saturated carbocycles. The van der Waals surface area contributed by atoms with E-state index in [0.717, 1.165) is 0 Å². The van der Waals surface area contributed by atoms with E-state index in [-0.39, 0.29) is 12.6 Å². The van der Waals surface area contributed by atoms with Crippen molar-refractivity contribution < 1.29 is 13.9 Å². The van der Waals surface area contributed by atoms with Crippen LogP contribution < -0.4 is 5.32 Å². The number of fused-ring (bicyclic) bond motifs is 1. The number of rotatable bonds is 7. The summed E-state index contributed by atoms with van der Waals surface area (Å²) in [6.07, 6.45) is 7.70. The first-order valence-electron chi connectivity index (χ1n) is 8.87. The first-order chi connectivity index (χ1) is 12.7. The number of esters is 1. The molecule has 0 aliphatic heterocycles. The van der Waals surface area contributed by atoms with Gasteiger partial charge in [0, 0.05) is 13.6 Å². The van der Waals surface area contributed by atoms with Gasteiger partial charge in [-0.15, -0.1) is 6.42 Å². The highest BCUT2D eigenvalue weighted by Gasteiger charge is 2.31. The summed E-state index contributed by atoms with van der Waals surface area (Å²) in [5.41, 5.74) is -0.330. The number of nitrogens with zero attached hydrogens (tertiary/aromatic N) is 4. The Hall–Kier alpha value is -2.69. The summed E-state index contributed by atoms with van der Waals surface area (Å²) >= 11 is 0. The van der Waals surface area contributed by atoms with Gasteiger partial charge in [-0.1, -0.05) is 12.8 Å². The summed E-state index contributed by atoms with van der Waals surface area (Å²) in [4.78, 5) is 23.9. The van der Waals surface area contributed by atoms with E-state index < -0.39 is 16.9 Å². The van der Waals surface area contributed by atoms with Crippen molar-refractivity contribution in [1.82, 2.24) is 19.5 Å². The molecule has 146 valence electrons. The van der Waals surface area contributed by atoms with Gasteiger partial charge in [0.05, 0.1) is 17.2 Å². The summed E-state index contributed by atoms with van der Waals surface area (Å²) < 4.78 is 20.9. The van der Waals surface area contributed by atoms with Crippen molar-refractivity contribution in [1.29, 1.82) is 0 Å². The minimum Gasteiger partial charge on any atom is -0.464 e. The zero-order valence-electron chi connectivity index (χ0n) is 16.5. The van der Waals surface area contributed by atoms with E-state index in [1.165, 1.54) is 0 Å². The van der Waals surface area contributed by atoms with Crippen molar-refractivity contribution in [2.75, 3.05) is 19.0 Å². The lowest BCUT2D eigenvalue weighted by molar-refractivity contribution is -0.155. The fourth-order valence-electron chi connectivity index (χ4n) is 2.58. The Morgan fingerprint density at radius 3 is 2.67 bits per heavy atom. The first kappa shape index (κ1) is 20.6. The Balaban J connectivity index is 2.19. The average Bonchev–Trinajstić information content (AvgIpc) is 3.03. The molecule has 0 saturated heterocycles. The van der Waals surface area contributed by atoms with Crippen LogP contribution in [0.3, 0.4) is 0 Å². The molecule has 2 heterocycles. The Kier molecular flexibility index (Phi) is 6.04. The largest absolute Gasteiger partial charge is 0.464 e. The van der Waals surface area contributed by atoms with Crippen molar-refractivity contribution in [2.45, 2.75) is 47.1 Å². The summed E-state index contributed by atoms with van der Waals surface area (Å²) in [6, 6.07) is 0. The summed E-state index contributed by atoms with van der Waals surface area (Å²) in [7, 11) is 1.64. The molecule has 0 aromatic carbocycles. The van der Waals surface area contributed by atoms with Crippen LogP contribution in [0, 0.1) is 29.3 Å². The van der Waals surface area contributed by atoms with Crippen LogP contribution in [0.2, 0.25) is 0 Å². The first-order valence-corrected chi connectivity index (χ1v) is 8.87. The van der Waals surface area contributed by atoms with Gasteiger partial charge in [-0.05, 0) is 33.6 Å². The molecule has 2 aromatic heterocycles.